The van der Waals surface area contributed by atoms with Crippen molar-refractivity contribution in [2.24, 2.45) is 90.2 Å². The van der Waals surface area contributed by atoms with Gasteiger partial charge in [-0.2, -0.15) is 26.3 Å². The minimum atomic E-state index is -5.20. The minimum absolute atomic E-state index is 0.0543. The highest BCUT2D eigenvalue weighted by molar-refractivity contribution is 5.01. The fourth-order valence-electron chi connectivity index (χ4n) is 11.1. The van der Waals surface area contributed by atoms with E-state index in [0.717, 1.165) is 43.9 Å². The molecule has 0 nitrogen and oxygen atoms in total. The molecular formula is C88H184F10. The Morgan fingerprint density at radius 2 is 0.653 bits per heavy atom. The number of hydrogen-bond donors (Lipinski definition) is 0. The normalized spacial score (nSPS) is 16.7. The van der Waals surface area contributed by atoms with Crippen LogP contribution in [0.2, 0.25) is 0 Å². The van der Waals surface area contributed by atoms with Crippen molar-refractivity contribution in [2.45, 2.75) is 481 Å². The molecule has 2 aliphatic rings. The third-order valence-corrected chi connectivity index (χ3v) is 22.1. The van der Waals surface area contributed by atoms with Crippen molar-refractivity contribution in [3.05, 3.63) is 0 Å². The van der Waals surface area contributed by atoms with Crippen LogP contribution < -0.4 is 0 Å². The lowest BCUT2D eigenvalue weighted by molar-refractivity contribution is -0.354. The van der Waals surface area contributed by atoms with E-state index >= 15 is 0 Å². The Morgan fingerprint density at radius 1 is 0.357 bits per heavy atom. The van der Waals surface area contributed by atoms with Crippen LogP contribution in [0.3, 0.4) is 0 Å². The topological polar surface area (TPSA) is 0 Å². The van der Waals surface area contributed by atoms with Crippen molar-refractivity contribution in [3.63, 3.8) is 0 Å². The van der Waals surface area contributed by atoms with Crippen LogP contribution in [-0.4, -0.2) is 35.0 Å². The van der Waals surface area contributed by atoms with E-state index in [1.54, 1.807) is 34.6 Å². The van der Waals surface area contributed by atoms with Gasteiger partial charge in [0, 0.05) is 0 Å². The zero-order valence-electron chi connectivity index (χ0n) is 75.2. The van der Waals surface area contributed by atoms with Crippen LogP contribution >= 0.6 is 0 Å². The molecular weight excluding hydrogens is 1250 g/mol. The highest BCUT2D eigenvalue weighted by Gasteiger charge is 2.71. The van der Waals surface area contributed by atoms with Crippen LogP contribution in [0.25, 0.3) is 0 Å². The monoisotopic (exact) mass is 1430 g/mol. The summed E-state index contributed by atoms with van der Waals surface area (Å²) in [6, 6.07) is 0. The molecule has 2 saturated carbocycles. The van der Waals surface area contributed by atoms with Gasteiger partial charge in [-0.3, -0.25) is 0 Å². The lowest BCUT2D eigenvalue weighted by Crippen LogP contribution is -2.53. The van der Waals surface area contributed by atoms with Gasteiger partial charge in [0.05, 0.1) is 0 Å². The van der Waals surface area contributed by atoms with Crippen molar-refractivity contribution in [2.75, 3.05) is 0 Å². The Labute approximate surface area is 612 Å². The Balaban J connectivity index is -0.000000131. The van der Waals surface area contributed by atoms with Gasteiger partial charge in [0.2, 0.25) is 0 Å². The second-order valence-corrected chi connectivity index (χ2v) is 39.9. The van der Waals surface area contributed by atoms with Gasteiger partial charge in [0.25, 0.3) is 0 Å². The number of halogens is 10. The Bertz CT molecular complexity index is 1730. The molecule has 0 aromatic carbocycles. The predicted molar refractivity (Wildman–Crippen MR) is 426 cm³/mol. The van der Waals surface area contributed by atoms with Crippen LogP contribution in [0.1, 0.15) is 446 Å². The molecule has 0 amide bonds. The summed E-state index contributed by atoms with van der Waals surface area (Å²) in [6.45, 7) is 95.6. The number of hydrogen-bond acceptors (Lipinski definition) is 0. The van der Waals surface area contributed by atoms with Crippen molar-refractivity contribution in [1.29, 1.82) is 0 Å². The largest absolute Gasteiger partial charge is 0.403 e. The first-order valence-corrected chi connectivity index (χ1v) is 39.9. The smallest absolute Gasteiger partial charge is 0.244 e. The quantitative estimate of drug-likeness (QED) is 0.143. The van der Waals surface area contributed by atoms with Gasteiger partial charge >= 0.3 is 12.4 Å². The van der Waals surface area contributed by atoms with Crippen LogP contribution in [0.5, 0.6) is 0 Å². The summed E-state index contributed by atoms with van der Waals surface area (Å²) in [5.74, 6) is 3.41. The third kappa shape index (κ3) is 61.6. The van der Waals surface area contributed by atoms with Crippen molar-refractivity contribution in [3.8, 4) is 0 Å². The lowest BCUT2D eigenvalue weighted by Gasteiger charge is -2.49. The molecule has 98 heavy (non-hydrogen) atoms. The van der Waals surface area contributed by atoms with Gasteiger partial charge in [0.15, 0.2) is 5.41 Å². The summed E-state index contributed by atoms with van der Waals surface area (Å²) < 4.78 is 130. The zero-order chi connectivity index (χ0) is 81.4. The summed E-state index contributed by atoms with van der Waals surface area (Å²) in [7, 11) is 0. The maximum atomic E-state index is 13.6. The Morgan fingerprint density at radius 3 is 0.735 bits per heavy atom. The van der Waals surface area contributed by atoms with Crippen molar-refractivity contribution in [1.82, 2.24) is 0 Å². The summed E-state index contributed by atoms with van der Waals surface area (Å²) >= 11 is 0. The minimum Gasteiger partial charge on any atom is -0.244 e. The Kier molecular flexibility index (Phi) is 59.9. The molecule has 0 radical (unpaired) electrons. The van der Waals surface area contributed by atoms with Crippen LogP contribution in [0, 0.1) is 90.2 Å². The standard InChI is InChI=1S/C14H20F6.C10H21F.C10H22.C9H20.2C7H15F.2C7H16.C6H13F.C6H14.C5H12/c1-10-2-4-11(5-3-10)6-8-12(9-7-11,13(15,16)17)14(18,19)20;1-7(2)9(8(3)4)10(5,6)11;1-7-10(6,8-2)9(3,4)5;1-6-8(7-2)9(3,4)5;1-5-7(4,8)6(2)3;1-4-6-7(3,8)5-2;1-6(2)7(3,4)5;1-5-6-7(2,3)4;1-4-6(3,7)5-2;1-5-6(2,3)4;1-5(2,3)4/h10H,2-9H2,1H3;7-9H,1-6H3;7-8H2,1-6H3;8H,6-7H2,1-5H3;6H,5H2,1-4H3;4-6H2,1-3H3;6H,1-5H3;5-6H2,1-4H3;4-5H2,1-3H3;5H2,1-4H3;1-4H3/t;;;;2*7-;;;;;/m....00...../s1. The molecule has 10 heteroatoms. The van der Waals surface area contributed by atoms with E-state index in [-0.39, 0.29) is 30.1 Å². The highest BCUT2D eigenvalue weighted by atomic mass is 19.4. The van der Waals surface area contributed by atoms with Gasteiger partial charge in [-0.05, 0) is 196 Å². The van der Waals surface area contributed by atoms with E-state index in [9.17, 15) is 43.9 Å². The van der Waals surface area contributed by atoms with Gasteiger partial charge in [0.1, 0.15) is 22.7 Å². The summed E-state index contributed by atoms with van der Waals surface area (Å²) in [4.78, 5) is 0. The van der Waals surface area contributed by atoms with Gasteiger partial charge in [-0.1, -0.05) is 335 Å². The summed E-state index contributed by atoms with van der Waals surface area (Å²) in [5, 5.41) is 0. The average molecular weight is 1430 g/mol. The van der Waals surface area contributed by atoms with Crippen molar-refractivity contribution < 1.29 is 43.9 Å². The molecule has 0 aromatic heterocycles. The first-order chi connectivity index (χ1) is 43.0. The van der Waals surface area contributed by atoms with E-state index in [2.05, 4.69) is 228 Å². The molecule has 0 aliphatic heterocycles. The molecule has 0 aromatic rings. The molecule has 2 rings (SSSR count). The molecule has 2 aliphatic carbocycles. The summed E-state index contributed by atoms with van der Waals surface area (Å²) in [6.07, 6.45) is 4.80. The first-order valence-electron chi connectivity index (χ1n) is 39.9. The third-order valence-electron chi connectivity index (χ3n) is 22.1. The molecule has 0 heterocycles. The molecule has 0 unspecified atom stereocenters. The summed E-state index contributed by atoms with van der Waals surface area (Å²) in [5.41, 5.74) is -3.99. The van der Waals surface area contributed by atoms with E-state index in [1.807, 2.05) is 48.5 Å². The van der Waals surface area contributed by atoms with Gasteiger partial charge < -0.3 is 0 Å². The second kappa shape index (κ2) is 50.7. The lowest BCUT2D eigenvalue weighted by atomic mass is 9.57. The maximum Gasteiger partial charge on any atom is 0.403 e. The van der Waals surface area contributed by atoms with E-state index < -0.39 is 53.3 Å². The predicted octanol–water partition coefficient (Wildman–Crippen LogP) is 35.1. The second-order valence-electron chi connectivity index (χ2n) is 39.9. The molecule has 2 fully saturated rings. The molecule has 606 valence electrons. The maximum absolute atomic E-state index is 13.6. The van der Waals surface area contributed by atoms with Crippen LogP contribution in [-0.2, 0) is 0 Å². The molecule has 0 saturated heterocycles. The fraction of sp³-hybridized carbons (Fsp3) is 1.00. The Hall–Kier alpha value is -0.700. The van der Waals surface area contributed by atoms with E-state index in [0.29, 0.717) is 87.8 Å². The van der Waals surface area contributed by atoms with Crippen molar-refractivity contribution >= 4 is 0 Å². The first kappa shape index (κ1) is 116. The van der Waals surface area contributed by atoms with Crippen LogP contribution in [0.4, 0.5) is 43.9 Å². The molecule has 2 atom stereocenters. The fourth-order valence-corrected chi connectivity index (χ4v) is 11.1. The molecule has 0 bridgehead atoms. The highest BCUT2D eigenvalue weighted by Crippen LogP contribution is 2.63. The average Bonchev–Trinajstić information content (AvgIpc) is 0.738. The SMILES string of the molecule is CC(C)(C)C.CC(C)C(C(C)C)C(C)(C)F.CC(C)C(C)(C)C.CC1CCC2(CC1)CCC(C(F)(F)F)(C(F)(F)F)CC2.CCC(C)(C)C.CCC(C)(CC)C(C)(C)C.CCC(C)(F)CC.CCC(CC)C(C)(C)C.CCCC(C)(C)C.CCC[C@@](C)(F)CC.CC[C@](C)(F)C(C)C. The number of rotatable bonds is 15. The molecule has 0 N–H and O–H groups in total. The van der Waals surface area contributed by atoms with Gasteiger partial charge in [-0.15, -0.1) is 0 Å². The van der Waals surface area contributed by atoms with Gasteiger partial charge in [-0.25, -0.2) is 17.6 Å². The van der Waals surface area contributed by atoms with E-state index in [1.165, 1.54) is 44.9 Å². The van der Waals surface area contributed by atoms with E-state index in [4.69, 9.17) is 0 Å². The van der Waals surface area contributed by atoms with Crippen LogP contribution in [0.15, 0.2) is 0 Å². The number of alkyl halides is 10. The zero-order valence-corrected chi connectivity index (χ0v) is 75.2. The molecule has 1 spiro atoms.